The highest BCUT2D eigenvalue weighted by molar-refractivity contribution is 5.82. The van der Waals surface area contributed by atoms with Gasteiger partial charge in [0.05, 0.1) is 61.4 Å². The van der Waals surface area contributed by atoms with Gasteiger partial charge in [0.1, 0.15) is 98.7 Å². The molecule has 0 spiro atoms. The minimum Gasteiger partial charge on any atom is -0.460 e. The number of carbonyl (C=O) groups excluding carboxylic acids is 2. The predicted molar refractivity (Wildman–Crippen MR) is 259 cm³/mol. The molecule has 0 aromatic carbocycles. The van der Waals surface area contributed by atoms with Gasteiger partial charge in [-0.3, -0.25) is 0 Å². The maximum absolute atomic E-state index is 12.7. The van der Waals surface area contributed by atoms with Gasteiger partial charge >= 0.3 is 11.9 Å². The Morgan fingerprint density at radius 1 is 0.443 bits per heavy atom. The molecular weight excluding hydrogens is 1060 g/mol. The first-order valence-electron chi connectivity index (χ1n) is 27.3. The van der Waals surface area contributed by atoms with Crippen molar-refractivity contribution in [3.8, 4) is 0 Å². The molecule has 4 aliphatic heterocycles. The maximum Gasteiger partial charge on any atom is 0.330 e. The minimum absolute atomic E-state index is 0.0332. The van der Waals surface area contributed by atoms with Gasteiger partial charge < -0.3 is 129 Å². The SMILES string of the molecule is O=C(C=CC1CCC(O)C(O)C1)OCC1OC(OC2CC(C3[OH+]C4CC(O)CC(OC5OC(COC(=O)C=CC6CCC(O)C(O)C6)C(O)C(O)C5O)C4CC3OC3OC(CO)C(O)C(O)C3O)CC(O)C2O)C(O)C(O)C1O. The van der Waals surface area contributed by atoms with E-state index >= 15 is 0 Å². The minimum atomic E-state index is -1.94. The molecule has 4 aliphatic carbocycles. The smallest absolute Gasteiger partial charge is 0.330 e. The number of ether oxygens (including phenoxy) is 9. The molecule has 8 aliphatic rings. The Morgan fingerprint density at radius 3 is 1.38 bits per heavy atom. The van der Waals surface area contributed by atoms with E-state index in [4.69, 9.17) is 42.6 Å². The lowest BCUT2D eigenvalue weighted by atomic mass is 9.72. The molecule has 0 radical (unpaired) electrons. The van der Waals surface area contributed by atoms with E-state index in [1.54, 1.807) is 0 Å². The van der Waals surface area contributed by atoms with Crippen molar-refractivity contribution in [1.82, 2.24) is 0 Å². The van der Waals surface area contributed by atoms with Gasteiger partial charge in [-0.25, -0.2) is 9.59 Å². The fraction of sp³-hybridized carbons (Fsp3) is 0.882. The summed E-state index contributed by atoms with van der Waals surface area (Å²) < 4.78 is 51.9. The number of hydrogen-bond acceptors (Lipinski definition) is 27. The number of aliphatic hydroxyl groups excluding tert-OH is 17. The Hall–Kier alpha value is -2.54. The van der Waals surface area contributed by atoms with Crippen LogP contribution in [0.2, 0.25) is 0 Å². The number of carbonyl (C=O) groups is 2. The molecule has 8 fully saturated rings. The average molecular weight is 1140 g/mol. The van der Waals surface area contributed by atoms with Crippen LogP contribution in [0.3, 0.4) is 0 Å². The molecule has 28 heteroatoms. The molecule has 0 amide bonds. The molecule has 0 aromatic rings. The molecule has 452 valence electrons. The zero-order chi connectivity index (χ0) is 57.1. The standard InChI is InChI=1S/C51H80O28/c52-16-33-39(62)42(65)45(68)51(77-33)76-32-15-23-29(13-22(53)14-30(23)74-49-46(69)43(66)40(63)34(78-49)17-71-36(59)7-3-19-1-5-24(54)26(56)9-19)73-48(32)21-11-28(58)38(61)31(12-21)75-50-47(70)44(67)41(64)35(79-50)18-72-37(60)8-4-20-2-6-25(55)27(57)10-20/h3-4,7-8,19-35,38-58,61-70H,1-2,5-6,9-18H2/p+1. The van der Waals surface area contributed by atoms with Gasteiger partial charge in [-0.05, 0) is 69.6 Å². The number of aliphatic hydroxyl groups is 19. The highest BCUT2D eigenvalue weighted by Crippen LogP contribution is 2.45. The third-order valence-corrected chi connectivity index (χ3v) is 17.1. The van der Waals surface area contributed by atoms with E-state index in [0.717, 1.165) is 12.2 Å². The summed E-state index contributed by atoms with van der Waals surface area (Å²) in [7, 11) is 0. The van der Waals surface area contributed by atoms with Gasteiger partial charge in [0.15, 0.2) is 31.1 Å². The maximum atomic E-state index is 12.7. The average Bonchev–Trinajstić information content (AvgIpc) is 3.44. The summed E-state index contributed by atoms with van der Waals surface area (Å²) >= 11 is 0. The first kappa shape index (κ1) is 62.5. The van der Waals surface area contributed by atoms with Crippen LogP contribution >= 0.6 is 0 Å². The van der Waals surface area contributed by atoms with Crippen LogP contribution < -0.4 is 0 Å². The van der Waals surface area contributed by atoms with Crippen LogP contribution in [0.25, 0.3) is 0 Å². The number of hydrogen-bond donors (Lipinski definition) is 17. The van der Waals surface area contributed by atoms with Crippen molar-refractivity contribution >= 4 is 11.9 Å². The number of fused-ring (bicyclic) bond motifs is 1. The van der Waals surface area contributed by atoms with E-state index < -0.39 is 209 Å². The van der Waals surface area contributed by atoms with Crippen LogP contribution in [-0.2, 0) is 47.5 Å². The number of allylic oxidation sites excluding steroid dienone is 2. The lowest BCUT2D eigenvalue weighted by Crippen LogP contribution is -2.65. The predicted octanol–water partition coefficient (Wildman–Crippen LogP) is -7.63. The quantitative estimate of drug-likeness (QED) is 0.0388. The van der Waals surface area contributed by atoms with E-state index in [1.807, 2.05) is 0 Å². The summed E-state index contributed by atoms with van der Waals surface area (Å²) in [5, 5.41) is 182. The normalized spacial score (nSPS) is 50.0. The second-order valence-corrected chi connectivity index (χ2v) is 22.7. The first-order valence-corrected chi connectivity index (χ1v) is 27.3. The van der Waals surface area contributed by atoms with Crippen LogP contribution in [0.4, 0.5) is 0 Å². The second-order valence-electron chi connectivity index (χ2n) is 22.7. The molecule has 4 saturated heterocycles. The third kappa shape index (κ3) is 14.9. The van der Waals surface area contributed by atoms with E-state index in [0.29, 0.717) is 25.7 Å². The Labute approximate surface area is 453 Å². The first-order chi connectivity index (χ1) is 37.5. The molecule has 4 saturated carbocycles. The van der Waals surface area contributed by atoms with Crippen molar-refractivity contribution in [2.45, 2.75) is 236 Å². The molecule has 0 bridgehead atoms. The van der Waals surface area contributed by atoms with Crippen molar-refractivity contribution in [3.05, 3.63) is 24.3 Å². The number of esters is 2. The molecule has 8 rings (SSSR count). The molecular formula is C51H81O28+. The molecule has 31 unspecified atom stereocenters. The molecule has 79 heavy (non-hydrogen) atoms. The number of rotatable bonds is 16. The third-order valence-electron chi connectivity index (χ3n) is 17.1. The van der Waals surface area contributed by atoms with Crippen LogP contribution in [0.15, 0.2) is 24.3 Å². The summed E-state index contributed by atoms with van der Waals surface area (Å²) in [6, 6.07) is 0. The van der Waals surface area contributed by atoms with Gasteiger partial charge in [0.25, 0.3) is 0 Å². The van der Waals surface area contributed by atoms with Crippen molar-refractivity contribution in [2.24, 2.45) is 23.7 Å². The topological polar surface area (TPSA) is 465 Å². The van der Waals surface area contributed by atoms with Gasteiger partial charge in [-0.1, -0.05) is 12.2 Å². The monoisotopic (exact) mass is 1140 g/mol. The summed E-state index contributed by atoms with van der Waals surface area (Å²) in [5.74, 6) is -3.71. The van der Waals surface area contributed by atoms with E-state index in [2.05, 4.69) is 0 Å². The Bertz CT molecular complexity index is 2020. The van der Waals surface area contributed by atoms with Crippen LogP contribution in [0.1, 0.15) is 70.6 Å². The Balaban J connectivity index is 0.958. The molecule has 31 atom stereocenters. The van der Waals surface area contributed by atoms with Crippen LogP contribution in [0, 0.1) is 23.7 Å². The van der Waals surface area contributed by atoms with E-state index in [9.17, 15) is 96.4 Å². The highest BCUT2D eigenvalue weighted by atomic mass is 16.7. The molecule has 4 heterocycles. The lowest BCUT2D eigenvalue weighted by molar-refractivity contribution is -0.370. The Kier molecular flexibility index (Phi) is 21.7. The van der Waals surface area contributed by atoms with Crippen molar-refractivity contribution in [3.63, 3.8) is 0 Å². The van der Waals surface area contributed by atoms with Crippen molar-refractivity contribution < 1.29 is 139 Å². The van der Waals surface area contributed by atoms with Gasteiger partial charge in [-0.2, -0.15) is 0 Å². The molecule has 18 N–H and O–H groups in total. The van der Waals surface area contributed by atoms with Gasteiger partial charge in [0, 0.05) is 30.9 Å². The zero-order valence-electron chi connectivity index (χ0n) is 43.2. The van der Waals surface area contributed by atoms with Crippen molar-refractivity contribution in [1.29, 1.82) is 0 Å². The highest BCUT2D eigenvalue weighted by Gasteiger charge is 2.58. The molecule has 28 nitrogen and oxygen atoms in total. The summed E-state index contributed by atoms with van der Waals surface area (Å²) in [5.41, 5.74) is 0. The molecule has 0 aromatic heterocycles. The Morgan fingerprint density at radius 2 is 0.899 bits per heavy atom. The van der Waals surface area contributed by atoms with Crippen molar-refractivity contribution in [2.75, 3.05) is 19.8 Å². The van der Waals surface area contributed by atoms with Crippen LogP contribution in [-0.4, -0.2) is 289 Å². The lowest BCUT2D eigenvalue weighted by Gasteiger charge is -2.50. The van der Waals surface area contributed by atoms with Gasteiger partial charge in [-0.15, -0.1) is 0 Å². The summed E-state index contributed by atoms with van der Waals surface area (Å²) in [6.45, 7) is -2.05. The summed E-state index contributed by atoms with van der Waals surface area (Å²) in [4.78, 5) is 25.4. The fourth-order valence-corrected chi connectivity index (χ4v) is 12.4. The largest absolute Gasteiger partial charge is 0.460 e. The van der Waals surface area contributed by atoms with E-state index in [-0.39, 0.29) is 56.8 Å². The second kappa shape index (κ2) is 27.4. The fourth-order valence-electron chi connectivity index (χ4n) is 12.4. The van der Waals surface area contributed by atoms with Crippen LogP contribution in [0.5, 0.6) is 0 Å². The summed E-state index contributed by atoms with van der Waals surface area (Å²) in [6.07, 6.45) is -32.7. The van der Waals surface area contributed by atoms with E-state index in [1.165, 1.54) is 12.2 Å². The van der Waals surface area contributed by atoms with Gasteiger partial charge in [0.2, 0.25) is 0 Å². The zero-order valence-corrected chi connectivity index (χ0v) is 43.2.